The lowest BCUT2D eigenvalue weighted by atomic mass is 9.89. The van der Waals surface area contributed by atoms with Gasteiger partial charge in [0.15, 0.2) is 5.69 Å². The highest BCUT2D eigenvalue weighted by Gasteiger charge is 2.40. The van der Waals surface area contributed by atoms with E-state index in [1.807, 2.05) is 28.8 Å². The molecule has 7 nitrogen and oxygen atoms in total. The van der Waals surface area contributed by atoms with Crippen molar-refractivity contribution in [3.8, 4) is 5.69 Å². The second kappa shape index (κ2) is 8.27. The molecule has 2 heterocycles. The standard InChI is InChI=1S/C22H27N3O4/c1-3-29-22(27)20-21-24(14-23-20)17-12-8-7-11-16(17)18(13-19(26)28-2)25(21)15-9-5-4-6-10-15/h7-8,11-12,14-15,18H,3-6,9-10,13H2,1-2H3. The minimum absolute atomic E-state index is 0.209. The van der Waals surface area contributed by atoms with E-state index in [0.29, 0.717) is 5.69 Å². The maximum atomic E-state index is 12.7. The van der Waals surface area contributed by atoms with E-state index in [1.165, 1.54) is 13.5 Å². The van der Waals surface area contributed by atoms with Gasteiger partial charge in [0.2, 0.25) is 0 Å². The van der Waals surface area contributed by atoms with Crippen LogP contribution in [0.1, 0.15) is 67.5 Å². The highest BCUT2D eigenvalue weighted by Crippen LogP contribution is 2.45. The largest absolute Gasteiger partial charge is 0.469 e. The lowest BCUT2D eigenvalue weighted by Crippen LogP contribution is -2.45. The van der Waals surface area contributed by atoms with Gasteiger partial charge in [0.05, 0.1) is 31.9 Å². The number of methoxy groups -OCH3 is 1. The SMILES string of the molecule is CCOC(=O)c1ncn2c1N(C1CCCCC1)C(CC(=O)OC)c1ccccc1-2. The highest BCUT2D eigenvalue weighted by molar-refractivity contribution is 5.94. The van der Waals surface area contributed by atoms with Crippen molar-refractivity contribution in [1.82, 2.24) is 9.55 Å². The number of hydrogen-bond donors (Lipinski definition) is 0. The fourth-order valence-corrected chi connectivity index (χ4v) is 4.63. The number of fused-ring (bicyclic) bond motifs is 3. The number of benzene rings is 1. The third kappa shape index (κ3) is 3.50. The van der Waals surface area contributed by atoms with Crippen molar-refractivity contribution in [2.24, 2.45) is 0 Å². The Morgan fingerprint density at radius 2 is 1.93 bits per heavy atom. The molecule has 1 aliphatic heterocycles. The predicted octanol–water partition coefficient (Wildman–Crippen LogP) is 3.81. The number of ether oxygens (including phenoxy) is 2. The quantitative estimate of drug-likeness (QED) is 0.715. The summed E-state index contributed by atoms with van der Waals surface area (Å²) in [6.07, 6.45) is 7.43. The molecule has 2 aliphatic rings. The van der Waals surface area contributed by atoms with Gasteiger partial charge in [-0.25, -0.2) is 9.78 Å². The lowest BCUT2D eigenvalue weighted by molar-refractivity contribution is -0.141. The fourth-order valence-electron chi connectivity index (χ4n) is 4.63. The van der Waals surface area contributed by atoms with Crippen molar-refractivity contribution in [1.29, 1.82) is 0 Å². The lowest BCUT2D eigenvalue weighted by Gasteiger charge is -2.45. The van der Waals surface area contributed by atoms with Crippen LogP contribution in [0.15, 0.2) is 30.6 Å². The van der Waals surface area contributed by atoms with Crippen molar-refractivity contribution >= 4 is 17.8 Å². The van der Waals surface area contributed by atoms with Crippen molar-refractivity contribution < 1.29 is 19.1 Å². The van der Waals surface area contributed by atoms with Crippen molar-refractivity contribution in [3.05, 3.63) is 41.9 Å². The Kier molecular flexibility index (Phi) is 5.56. The molecule has 4 rings (SSSR count). The van der Waals surface area contributed by atoms with E-state index >= 15 is 0 Å². The molecule has 1 unspecified atom stereocenters. The van der Waals surface area contributed by atoms with Crippen molar-refractivity contribution in [2.45, 2.75) is 57.5 Å². The summed E-state index contributed by atoms with van der Waals surface area (Å²) in [7, 11) is 1.41. The zero-order chi connectivity index (χ0) is 20.4. The summed E-state index contributed by atoms with van der Waals surface area (Å²) in [5.41, 5.74) is 2.29. The van der Waals surface area contributed by atoms with Crippen LogP contribution < -0.4 is 4.90 Å². The molecule has 1 atom stereocenters. The molecular formula is C22H27N3O4. The third-order valence-electron chi connectivity index (χ3n) is 5.90. The van der Waals surface area contributed by atoms with E-state index in [-0.39, 0.29) is 31.1 Å². The second-order valence-electron chi connectivity index (χ2n) is 7.56. The van der Waals surface area contributed by atoms with E-state index < -0.39 is 5.97 Å². The molecule has 29 heavy (non-hydrogen) atoms. The minimum Gasteiger partial charge on any atom is -0.469 e. The number of nitrogens with zero attached hydrogens (tertiary/aromatic N) is 3. The summed E-state index contributed by atoms with van der Waals surface area (Å²) < 4.78 is 12.3. The molecule has 2 aromatic rings. The van der Waals surface area contributed by atoms with Crippen LogP contribution in [-0.4, -0.2) is 41.2 Å². The first-order valence-electron chi connectivity index (χ1n) is 10.3. The van der Waals surface area contributed by atoms with Crippen LogP contribution in [0.3, 0.4) is 0 Å². The summed E-state index contributed by atoms with van der Waals surface area (Å²) in [4.78, 5) is 31.7. The van der Waals surface area contributed by atoms with Crippen LogP contribution in [0, 0.1) is 0 Å². The number of esters is 2. The van der Waals surface area contributed by atoms with E-state index in [4.69, 9.17) is 9.47 Å². The number of imidazole rings is 1. The Morgan fingerprint density at radius 3 is 2.66 bits per heavy atom. The molecule has 7 heteroatoms. The highest BCUT2D eigenvalue weighted by atomic mass is 16.5. The van der Waals surface area contributed by atoms with Gasteiger partial charge >= 0.3 is 11.9 Å². The van der Waals surface area contributed by atoms with E-state index in [9.17, 15) is 9.59 Å². The number of rotatable bonds is 5. The first-order chi connectivity index (χ1) is 14.2. The molecule has 0 N–H and O–H groups in total. The Labute approximate surface area is 170 Å². The molecule has 0 amide bonds. The number of hydrogen-bond acceptors (Lipinski definition) is 6. The Bertz CT molecular complexity index is 901. The van der Waals surface area contributed by atoms with Crippen LogP contribution in [0.5, 0.6) is 0 Å². The summed E-state index contributed by atoms with van der Waals surface area (Å²) in [6, 6.07) is 8.01. The number of para-hydroxylation sites is 1. The maximum absolute atomic E-state index is 12.7. The average molecular weight is 397 g/mol. The monoisotopic (exact) mass is 397 g/mol. The summed E-state index contributed by atoms with van der Waals surface area (Å²) in [5, 5.41) is 0. The molecule has 0 bridgehead atoms. The van der Waals surface area contributed by atoms with E-state index in [0.717, 1.165) is 42.8 Å². The molecule has 0 radical (unpaired) electrons. The first-order valence-corrected chi connectivity index (χ1v) is 10.3. The molecule has 1 aromatic carbocycles. The number of carbonyl (C=O) groups excluding carboxylic acids is 2. The van der Waals surface area contributed by atoms with Crippen LogP contribution in [0.25, 0.3) is 5.69 Å². The summed E-state index contributed by atoms with van der Waals surface area (Å²) in [6.45, 7) is 2.07. The summed E-state index contributed by atoms with van der Waals surface area (Å²) >= 11 is 0. The molecule has 0 spiro atoms. The molecule has 1 aromatic heterocycles. The number of aromatic nitrogens is 2. The Balaban J connectivity index is 1.88. The zero-order valence-corrected chi connectivity index (χ0v) is 17.0. The molecule has 1 aliphatic carbocycles. The molecule has 1 fully saturated rings. The normalized spacial score (nSPS) is 18.7. The Hall–Kier alpha value is -2.83. The number of carbonyl (C=O) groups is 2. The smallest absolute Gasteiger partial charge is 0.360 e. The van der Waals surface area contributed by atoms with Gasteiger partial charge in [-0.2, -0.15) is 0 Å². The van der Waals surface area contributed by atoms with Gasteiger partial charge in [-0.05, 0) is 31.4 Å². The van der Waals surface area contributed by atoms with Gasteiger partial charge < -0.3 is 14.4 Å². The topological polar surface area (TPSA) is 73.7 Å². The van der Waals surface area contributed by atoms with Gasteiger partial charge in [0.1, 0.15) is 12.1 Å². The van der Waals surface area contributed by atoms with Gasteiger partial charge in [-0.3, -0.25) is 9.36 Å². The molecular weight excluding hydrogens is 370 g/mol. The van der Waals surface area contributed by atoms with Crippen LogP contribution in [0.2, 0.25) is 0 Å². The fraction of sp³-hybridized carbons (Fsp3) is 0.500. The van der Waals surface area contributed by atoms with E-state index in [1.54, 1.807) is 13.3 Å². The average Bonchev–Trinajstić information content (AvgIpc) is 3.19. The maximum Gasteiger partial charge on any atom is 0.360 e. The van der Waals surface area contributed by atoms with E-state index in [2.05, 4.69) is 9.88 Å². The third-order valence-corrected chi connectivity index (χ3v) is 5.90. The van der Waals surface area contributed by atoms with Crippen LogP contribution in [-0.2, 0) is 14.3 Å². The second-order valence-corrected chi connectivity index (χ2v) is 7.56. The zero-order valence-electron chi connectivity index (χ0n) is 17.0. The molecule has 0 saturated heterocycles. The van der Waals surface area contributed by atoms with Crippen molar-refractivity contribution in [2.75, 3.05) is 18.6 Å². The van der Waals surface area contributed by atoms with Gasteiger partial charge in [0, 0.05) is 6.04 Å². The first kappa shape index (κ1) is 19.5. The minimum atomic E-state index is -0.432. The molecule has 154 valence electrons. The van der Waals surface area contributed by atoms with Crippen molar-refractivity contribution in [3.63, 3.8) is 0 Å². The van der Waals surface area contributed by atoms with Gasteiger partial charge in [0.25, 0.3) is 0 Å². The Morgan fingerprint density at radius 1 is 1.17 bits per heavy atom. The van der Waals surface area contributed by atoms with Gasteiger partial charge in [-0.15, -0.1) is 0 Å². The number of anilines is 1. The van der Waals surface area contributed by atoms with Crippen LogP contribution in [0.4, 0.5) is 5.82 Å². The summed E-state index contributed by atoms with van der Waals surface area (Å²) in [5.74, 6) is 0.0254. The van der Waals surface area contributed by atoms with Crippen LogP contribution >= 0.6 is 0 Å². The molecule has 1 saturated carbocycles. The van der Waals surface area contributed by atoms with Gasteiger partial charge in [-0.1, -0.05) is 37.5 Å². The predicted molar refractivity (Wildman–Crippen MR) is 108 cm³/mol.